The lowest BCUT2D eigenvalue weighted by Crippen LogP contribution is -2.60. The van der Waals surface area contributed by atoms with Crippen molar-refractivity contribution in [1.29, 1.82) is 0 Å². The molecule has 0 saturated carbocycles. The van der Waals surface area contributed by atoms with Crippen molar-refractivity contribution >= 4 is 41.0 Å². The van der Waals surface area contributed by atoms with Crippen molar-refractivity contribution < 1.29 is 43.3 Å². The summed E-state index contributed by atoms with van der Waals surface area (Å²) in [4.78, 5) is 88.3. The van der Waals surface area contributed by atoms with E-state index in [-0.39, 0.29) is 67.3 Å². The van der Waals surface area contributed by atoms with E-state index in [1.165, 1.54) is 9.91 Å². The van der Waals surface area contributed by atoms with Gasteiger partial charge in [0.1, 0.15) is 23.4 Å². The summed E-state index contributed by atoms with van der Waals surface area (Å²) in [6.07, 6.45) is 5.40. The molecule has 1 spiro atoms. The fourth-order valence-corrected chi connectivity index (χ4v) is 11.5. The predicted octanol–water partition coefficient (Wildman–Crippen LogP) is 4.86. The van der Waals surface area contributed by atoms with Crippen LogP contribution in [0.25, 0.3) is 11.1 Å². The first-order valence-corrected chi connectivity index (χ1v) is 25.9. The van der Waals surface area contributed by atoms with Gasteiger partial charge < -0.3 is 34.0 Å². The zero-order chi connectivity index (χ0) is 51.6. The van der Waals surface area contributed by atoms with Crippen LogP contribution < -0.4 is 5.43 Å². The summed E-state index contributed by atoms with van der Waals surface area (Å²) in [5.41, 5.74) is 8.09. The Balaban J connectivity index is 1.01. The van der Waals surface area contributed by atoms with Gasteiger partial charge in [0, 0.05) is 65.1 Å². The average Bonchev–Trinajstić information content (AvgIpc) is 3.94. The second-order valence-electron chi connectivity index (χ2n) is 21.8. The maximum Gasteiger partial charge on any atom is 0.324 e. The lowest BCUT2D eigenvalue weighted by atomic mass is 9.77. The van der Waals surface area contributed by atoms with Crippen LogP contribution in [-0.2, 0) is 51.2 Å². The maximum atomic E-state index is 15.2. The van der Waals surface area contributed by atoms with Crippen LogP contribution in [-0.4, -0.2) is 167 Å². The number of nitrogens with one attached hydrogen (secondary N) is 1. The molecule has 73 heavy (non-hydrogen) atoms. The van der Waals surface area contributed by atoms with Gasteiger partial charge in [0.15, 0.2) is 0 Å². The predicted molar refractivity (Wildman–Crippen MR) is 273 cm³/mol. The van der Waals surface area contributed by atoms with Crippen molar-refractivity contribution in [2.45, 2.75) is 103 Å². The number of phenols is 1. The van der Waals surface area contributed by atoms with Gasteiger partial charge in [0.05, 0.1) is 62.5 Å². The van der Waals surface area contributed by atoms with Crippen molar-refractivity contribution in [2.24, 2.45) is 22.2 Å². The molecule has 6 bridgehead atoms. The minimum atomic E-state index is -1.40. The van der Waals surface area contributed by atoms with Gasteiger partial charge >= 0.3 is 5.97 Å². The average molecular weight is 999 g/mol. The van der Waals surface area contributed by atoms with Gasteiger partial charge in [-0.25, -0.2) is 5.43 Å². The molecule has 17 nitrogen and oxygen atoms in total. The molecule has 4 amide bonds. The van der Waals surface area contributed by atoms with E-state index in [1.807, 2.05) is 44.2 Å². The Morgan fingerprint density at radius 3 is 2.60 bits per heavy atom. The summed E-state index contributed by atoms with van der Waals surface area (Å²) >= 11 is 0. The number of pyridine rings is 1. The summed E-state index contributed by atoms with van der Waals surface area (Å²) < 4.78 is 17.0. The van der Waals surface area contributed by atoms with Crippen molar-refractivity contribution in [1.82, 2.24) is 35.0 Å². The van der Waals surface area contributed by atoms with Crippen LogP contribution >= 0.6 is 0 Å². The number of hydrogen-bond donors (Lipinski definition) is 2. The first-order chi connectivity index (χ1) is 35.0. The van der Waals surface area contributed by atoms with Gasteiger partial charge in [-0.15, -0.1) is 0 Å². The summed E-state index contributed by atoms with van der Waals surface area (Å²) in [5, 5.41) is 12.9. The molecule has 7 heterocycles. The van der Waals surface area contributed by atoms with E-state index in [2.05, 4.69) is 47.1 Å². The van der Waals surface area contributed by atoms with E-state index in [1.54, 1.807) is 42.3 Å². The van der Waals surface area contributed by atoms with E-state index in [4.69, 9.17) is 19.2 Å². The maximum absolute atomic E-state index is 15.2. The highest BCUT2D eigenvalue weighted by Crippen LogP contribution is 2.45. The van der Waals surface area contributed by atoms with Crippen molar-refractivity contribution in [3.63, 3.8) is 0 Å². The largest absolute Gasteiger partial charge is 0.508 e. The number of amides is 4. The SMILES string of the molecule is COCc1ncccc1C1=Nc2ccc3cc2C(CC1)CC(C)(C)COC(=O)[C@@H]1CCCN(N1)C(=O)[C@@]1(Cc2cc(O)cc-3c2)CN1C(=O)[C@H](C(C)C)N(C)C(=O)[C@H]1CCN(C(=O)C#CCN2CCOCC2)C1. The summed E-state index contributed by atoms with van der Waals surface area (Å²) in [6, 6.07) is 13.7. The Hall–Kier alpha value is -6.19. The highest BCUT2D eigenvalue weighted by atomic mass is 16.5. The third-order valence-electron chi connectivity index (χ3n) is 15.4. The molecule has 4 saturated heterocycles. The minimum Gasteiger partial charge on any atom is -0.508 e. The molecule has 17 heteroatoms. The van der Waals surface area contributed by atoms with Crippen molar-refractivity contribution in [3.8, 4) is 28.7 Å². The molecule has 3 aromatic rings. The number of methoxy groups -OCH3 is 1. The molecule has 1 unspecified atom stereocenters. The molecular weight excluding hydrogens is 929 g/mol. The topological polar surface area (TPSA) is 187 Å². The number of carbonyl (C=O) groups is 5. The van der Waals surface area contributed by atoms with Crippen molar-refractivity contribution in [3.05, 3.63) is 77.1 Å². The van der Waals surface area contributed by atoms with Gasteiger partial charge in [-0.3, -0.25) is 43.9 Å². The van der Waals surface area contributed by atoms with Gasteiger partial charge in [-0.05, 0) is 120 Å². The van der Waals surface area contributed by atoms with E-state index in [9.17, 15) is 19.5 Å². The lowest BCUT2D eigenvalue weighted by molar-refractivity contribution is -0.156. The third-order valence-corrected chi connectivity index (χ3v) is 15.4. The first-order valence-electron chi connectivity index (χ1n) is 25.9. The molecule has 0 aliphatic carbocycles. The molecule has 6 aliphatic heterocycles. The van der Waals surface area contributed by atoms with E-state index in [0.29, 0.717) is 77.1 Å². The van der Waals surface area contributed by atoms with Gasteiger partial charge in [-0.2, -0.15) is 0 Å². The molecule has 5 atom stereocenters. The number of rotatable bonds is 8. The normalized spacial score (nSPS) is 24.6. The molecule has 0 radical (unpaired) electrons. The van der Waals surface area contributed by atoms with E-state index in [0.717, 1.165) is 58.9 Å². The van der Waals surface area contributed by atoms with Gasteiger partial charge in [-0.1, -0.05) is 45.7 Å². The fraction of sp³-hybridized carbons (Fsp3) is 0.554. The monoisotopic (exact) mass is 999 g/mol. The number of likely N-dealkylation sites (tertiary alicyclic amines) is 1. The first kappa shape index (κ1) is 51.7. The second kappa shape index (κ2) is 21.7. The van der Waals surface area contributed by atoms with Crippen LogP contribution in [0.2, 0.25) is 0 Å². The number of hydrogen-bond acceptors (Lipinski definition) is 13. The number of carbonyl (C=O) groups excluding carboxylic acids is 5. The second-order valence-corrected chi connectivity index (χ2v) is 21.8. The number of ether oxygens (including phenoxy) is 3. The Bertz CT molecular complexity index is 2710. The summed E-state index contributed by atoms with van der Waals surface area (Å²) in [6.45, 7) is 12.7. The zero-order valence-corrected chi connectivity index (χ0v) is 43.2. The number of aromatic nitrogens is 1. The fourth-order valence-electron chi connectivity index (χ4n) is 11.5. The number of fused-ring (bicyclic) bond motifs is 6. The molecule has 4 fully saturated rings. The number of morpholine rings is 1. The van der Waals surface area contributed by atoms with Gasteiger partial charge in [0.2, 0.25) is 11.8 Å². The van der Waals surface area contributed by atoms with Crippen LogP contribution in [0.1, 0.15) is 94.5 Å². The molecule has 1 aromatic heterocycles. The lowest BCUT2D eigenvalue weighted by Gasteiger charge is -2.37. The minimum absolute atomic E-state index is 0.00896. The number of nitrogens with zero attached hydrogens (tertiary/aromatic N) is 7. The number of aliphatic imine (C=N–C) groups is 1. The Morgan fingerprint density at radius 1 is 1.01 bits per heavy atom. The molecule has 2 aromatic carbocycles. The molecule has 9 rings (SSSR count). The quantitative estimate of drug-likeness (QED) is 0.178. The number of aromatic hydroxyl groups is 1. The number of esters is 1. The highest BCUT2D eigenvalue weighted by Gasteiger charge is 2.64. The smallest absolute Gasteiger partial charge is 0.324 e. The third kappa shape index (κ3) is 11.3. The Kier molecular flexibility index (Phi) is 15.4. The molecule has 6 aliphatic rings. The van der Waals surface area contributed by atoms with E-state index < -0.39 is 34.9 Å². The summed E-state index contributed by atoms with van der Waals surface area (Å²) in [7, 11) is 3.28. The molecular formula is C56H70N8O9. The number of hydrazine groups is 1. The Labute approximate surface area is 428 Å². The standard InChI is InChI=1S/C56H70N8O9/c1-36(2)50(60(5)51(67)40-17-21-62(32-40)49(66)12-9-19-61-22-24-72-25-23-61)52(68)63-34-56(63)30-37-26-41(28-42(65)27-37)38-13-15-46-44(29-38)39(14-16-45(58-46)43-10-7-18-57-48(43)33-71-6)31-55(3,4)35-73-53(69)47-11-8-20-64(59-47)54(56)70/h7,10,13,15,18,26-29,36,39-40,47,50,59,65H,8,11,14,16-17,19-25,30-35H2,1-6H3/t39?,40-,47-,50-,56+,63?/m0/s1. The molecule has 388 valence electrons. The highest BCUT2D eigenvalue weighted by molar-refractivity contribution is 6.04. The Morgan fingerprint density at radius 2 is 1.82 bits per heavy atom. The van der Waals surface area contributed by atoms with Crippen molar-refractivity contribution in [2.75, 3.05) is 79.8 Å². The number of benzene rings is 2. The number of cyclic esters (lactones) is 1. The van der Waals surface area contributed by atoms with Crippen LogP contribution in [0.3, 0.4) is 0 Å². The zero-order valence-electron chi connectivity index (χ0n) is 43.2. The molecule has 2 N–H and O–H groups in total. The summed E-state index contributed by atoms with van der Waals surface area (Å²) in [5.74, 6) is 3.11. The number of phenolic OH excluding ortho intramolecular Hbond substituents is 1. The number of likely N-dealkylation sites (N-methyl/N-ethyl adjacent to an activating group) is 1. The van der Waals surface area contributed by atoms with Crippen LogP contribution in [0.5, 0.6) is 5.75 Å². The van der Waals surface area contributed by atoms with E-state index >= 15 is 9.59 Å². The van der Waals surface area contributed by atoms with Crippen LogP contribution in [0.4, 0.5) is 5.69 Å². The van der Waals surface area contributed by atoms with Gasteiger partial charge in [0.25, 0.3) is 11.8 Å². The van der Waals surface area contributed by atoms with Crippen LogP contribution in [0.15, 0.2) is 59.7 Å². The van der Waals surface area contributed by atoms with Crippen LogP contribution in [0, 0.1) is 29.1 Å².